The van der Waals surface area contributed by atoms with Crippen molar-refractivity contribution in [2.45, 2.75) is 46.4 Å². The summed E-state index contributed by atoms with van der Waals surface area (Å²) in [6, 6.07) is 17.3. The van der Waals surface area contributed by atoms with Crippen LogP contribution in [-0.2, 0) is 13.2 Å². The first-order valence-electron chi connectivity index (χ1n) is 7.68. The van der Waals surface area contributed by atoms with Gasteiger partial charge in [0.15, 0.2) is 0 Å². The fourth-order valence-electron chi connectivity index (χ4n) is 2.15. The van der Waals surface area contributed by atoms with Gasteiger partial charge in [0.25, 0.3) is 0 Å². The van der Waals surface area contributed by atoms with Crippen molar-refractivity contribution in [2.24, 2.45) is 0 Å². The fourth-order valence-corrected chi connectivity index (χ4v) is 2.15. The van der Waals surface area contributed by atoms with Gasteiger partial charge in [-0.25, -0.2) is 0 Å². The van der Waals surface area contributed by atoms with Crippen LogP contribution in [0.5, 0.6) is 5.75 Å². The van der Waals surface area contributed by atoms with E-state index in [2.05, 4.69) is 68.6 Å². The van der Waals surface area contributed by atoms with Crippen LogP contribution in [0.15, 0.2) is 48.5 Å². The van der Waals surface area contributed by atoms with E-state index in [4.69, 9.17) is 4.74 Å². The lowest BCUT2D eigenvalue weighted by Gasteiger charge is -2.12. The summed E-state index contributed by atoms with van der Waals surface area (Å²) < 4.78 is 5.89. The molecular weight excluding hydrogens is 258 g/mol. The third-order valence-electron chi connectivity index (χ3n) is 3.65. The van der Waals surface area contributed by atoms with Crippen LogP contribution >= 0.6 is 0 Å². The van der Waals surface area contributed by atoms with E-state index in [0.29, 0.717) is 12.6 Å². The molecule has 0 fully saturated rings. The summed E-state index contributed by atoms with van der Waals surface area (Å²) in [5, 5.41) is 3.50. The SMILES string of the molecule is CC[C@@H](C)NCc1cccc(OCc2cccc(C)c2)c1. The molecule has 21 heavy (non-hydrogen) atoms. The van der Waals surface area contributed by atoms with E-state index >= 15 is 0 Å². The highest BCUT2D eigenvalue weighted by Crippen LogP contribution is 2.16. The number of benzene rings is 2. The van der Waals surface area contributed by atoms with Crippen LogP contribution in [0.25, 0.3) is 0 Å². The monoisotopic (exact) mass is 283 g/mol. The van der Waals surface area contributed by atoms with Gasteiger partial charge in [0, 0.05) is 12.6 Å². The number of hydrogen-bond donors (Lipinski definition) is 1. The molecule has 0 aliphatic carbocycles. The molecule has 2 heteroatoms. The van der Waals surface area contributed by atoms with Gasteiger partial charge in [0.05, 0.1) is 0 Å². The second kappa shape index (κ2) is 7.84. The Morgan fingerprint density at radius 2 is 1.81 bits per heavy atom. The number of rotatable bonds is 7. The molecule has 0 aromatic heterocycles. The van der Waals surface area contributed by atoms with Gasteiger partial charge in [-0.15, -0.1) is 0 Å². The van der Waals surface area contributed by atoms with E-state index in [-0.39, 0.29) is 0 Å². The van der Waals surface area contributed by atoms with Crippen molar-refractivity contribution in [1.29, 1.82) is 0 Å². The molecule has 2 aromatic carbocycles. The third-order valence-corrected chi connectivity index (χ3v) is 3.65. The van der Waals surface area contributed by atoms with Crippen LogP contribution in [0.2, 0.25) is 0 Å². The Balaban J connectivity index is 1.91. The molecule has 2 rings (SSSR count). The third kappa shape index (κ3) is 5.24. The maximum absolute atomic E-state index is 5.89. The van der Waals surface area contributed by atoms with Gasteiger partial charge >= 0.3 is 0 Å². The molecule has 112 valence electrons. The zero-order valence-corrected chi connectivity index (χ0v) is 13.2. The average Bonchev–Trinajstić information content (AvgIpc) is 2.51. The van der Waals surface area contributed by atoms with E-state index in [9.17, 15) is 0 Å². The van der Waals surface area contributed by atoms with Gasteiger partial charge in [-0.1, -0.05) is 48.9 Å². The molecule has 0 unspecified atom stereocenters. The zero-order chi connectivity index (χ0) is 15.1. The normalized spacial score (nSPS) is 12.1. The average molecular weight is 283 g/mol. The van der Waals surface area contributed by atoms with E-state index in [1.165, 1.54) is 16.7 Å². The maximum Gasteiger partial charge on any atom is 0.120 e. The van der Waals surface area contributed by atoms with Gasteiger partial charge in [0.2, 0.25) is 0 Å². The first kappa shape index (κ1) is 15.6. The van der Waals surface area contributed by atoms with Gasteiger partial charge in [-0.3, -0.25) is 0 Å². The Morgan fingerprint density at radius 3 is 2.57 bits per heavy atom. The summed E-state index contributed by atoms with van der Waals surface area (Å²) in [4.78, 5) is 0. The summed E-state index contributed by atoms with van der Waals surface area (Å²) in [6.07, 6.45) is 1.14. The van der Waals surface area contributed by atoms with Gasteiger partial charge in [0.1, 0.15) is 12.4 Å². The van der Waals surface area contributed by atoms with E-state index < -0.39 is 0 Å². The molecule has 0 saturated carbocycles. The van der Waals surface area contributed by atoms with Crippen LogP contribution < -0.4 is 10.1 Å². The standard InChI is InChI=1S/C19H25NO/c1-4-16(3)20-13-17-8-6-10-19(12-17)21-14-18-9-5-7-15(2)11-18/h5-12,16,20H,4,13-14H2,1-3H3/t16-/m1/s1. The van der Waals surface area contributed by atoms with Crippen molar-refractivity contribution in [1.82, 2.24) is 5.32 Å². The maximum atomic E-state index is 5.89. The van der Waals surface area contributed by atoms with Crippen LogP contribution in [0.3, 0.4) is 0 Å². The highest BCUT2D eigenvalue weighted by atomic mass is 16.5. The Morgan fingerprint density at radius 1 is 1.05 bits per heavy atom. The van der Waals surface area contributed by atoms with E-state index in [1.807, 2.05) is 6.07 Å². The predicted octanol–water partition coefficient (Wildman–Crippen LogP) is 4.46. The van der Waals surface area contributed by atoms with Crippen LogP contribution in [0.4, 0.5) is 0 Å². The topological polar surface area (TPSA) is 21.3 Å². The van der Waals surface area contributed by atoms with Crippen LogP contribution in [0, 0.1) is 6.92 Å². The molecule has 0 heterocycles. The lowest BCUT2D eigenvalue weighted by atomic mass is 10.1. The Hall–Kier alpha value is -1.80. The first-order chi connectivity index (χ1) is 10.2. The minimum atomic E-state index is 0.543. The molecule has 0 aliphatic rings. The summed E-state index contributed by atoms with van der Waals surface area (Å²) >= 11 is 0. The quantitative estimate of drug-likeness (QED) is 0.810. The second-order valence-corrected chi connectivity index (χ2v) is 5.62. The van der Waals surface area contributed by atoms with Crippen molar-refractivity contribution in [3.63, 3.8) is 0 Å². The number of nitrogens with one attached hydrogen (secondary N) is 1. The highest BCUT2D eigenvalue weighted by molar-refractivity contribution is 5.29. The van der Waals surface area contributed by atoms with Gasteiger partial charge in [-0.05, 0) is 43.5 Å². The highest BCUT2D eigenvalue weighted by Gasteiger charge is 2.01. The number of aryl methyl sites for hydroxylation is 1. The lowest BCUT2D eigenvalue weighted by molar-refractivity contribution is 0.305. The van der Waals surface area contributed by atoms with Crippen molar-refractivity contribution in [2.75, 3.05) is 0 Å². The predicted molar refractivity (Wildman–Crippen MR) is 88.5 cm³/mol. The smallest absolute Gasteiger partial charge is 0.120 e. The van der Waals surface area contributed by atoms with Crippen LogP contribution in [-0.4, -0.2) is 6.04 Å². The molecule has 1 N–H and O–H groups in total. The number of hydrogen-bond acceptors (Lipinski definition) is 2. The Bertz CT molecular complexity index is 565. The summed E-state index contributed by atoms with van der Waals surface area (Å²) in [7, 11) is 0. The fraction of sp³-hybridized carbons (Fsp3) is 0.368. The van der Waals surface area contributed by atoms with Crippen molar-refractivity contribution < 1.29 is 4.74 Å². The van der Waals surface area contributed by atoms with E-state index in [0.717, 1.165) is 18.7 Å². The van der Waals surface area contributed by atoms with Crippen molar-refractivity contribution in [3.05, 3.63) is 65.2 Å². The lowest BCUT2D eigenvalue weighted by Crippen LogP contribution is -2.24. The van der Waals surface area contributed by atoms with Crippen molar-refractivity contribution >= 4 is 0 Å². The summed E-state index contributed by atoms with van der Waals surface area (Å²) in [6.45, 7) is 8.00. The molecule has 0 radical (unpaired) electrons. The second-order valence-electron chi connectivity index (χ2n) is 5.62. The molecule has 2 nitrogen and oxygen atoms in total. The molecule has 1 atom stereocenters. The minimum Gasteiger partial charge on any atom is -0.489 e. The van der Waals surface area contributed by atoms with Crippen LogP contribution in [0.1, 0.15) is 37.0 Å². The molecule has 0 bridgehead atoms. The molecule has 0 aliphatic heterocycles. The molecule has 0 spiro atoms. The first-order valence-corrected chi connectivity index (χ1v) is 7.68. The van der Waals surface area contributed by atoms with Gasteiger partial charge < -0.3 is 10.1 Å². The van der Waals surface area contributed by atoms with Gasteiger partial charge in [-0.2, -0.15) is 0 Å². The minimum absolute atomic E-state index is 0.543. The summed E-state index contributed by atoms with van der Waals surface area (Å²) in [5.41, 5.74) is 3.73. The number of ether oxygens (including phenoxy) is 1. The zero-order valence-electron chi connectivity index (χ0n) is 13.2. The molecule has 0 saturated heterocycles. The Labute approximate surface area is 128 Å². The summed E-state index contributed by atoms with van der Waals surface area (Å²) in [5.74, 6) is 0.931. The molecule has 2 aromatic rings. The van der Waals surface area contributed by atoms with E-state index in [1.54, 1.807) is 0 Å². The molecule has 0 amide bonds. The largest absolute Gasteiger partial charge is 0.489 e. The molecular formula is C19H25NO. The Kier molecular flexibility index (Phi) is 5.82. The van der Waals surface area contributed by atoms with Crippen molar-refractivity contribution in [3.8, 4) is 5.75 Å².